The lowest BCUT2D eigenvalue weighted by atomic mass is 10.0. The third kappa shape index (κ3) is 2.31. The second kappa shape index (κ2) is 5.10. The van der Waals surface area contributed by atoms with E-state index in [2.05, 4.69) is 37.9 Å². The van der Waals surface area contributed by atoms with Gasteiger partial charge in [-0.05, 0) is 18.1 Å². The van der Waals surface area contributed by atoms with Crippen LogP contribution in [0.4, 0.5) is 5.69 Å². The molecule has 2 rings (SSSR count). The Bertz CT molecular complexity index is 594. The van der Waals surface area contributed by atoms with E-state index in [1.54, 1.807) is 0 Å². The lowest BCUT2D eigenvalue weighted by molar-refractivity contribution is 0.639. The lowest BCUT2D eigenvalue weighted by Crippen LogP contribution is -2.22. The van der Waals surface area contributed by atoms with E-state index in [0.29, 0.717) is 5.92 Å². The number of hydrogen-bond acceptors (Lipinski definition) is 2. The van der Waals surface area contributed by atoms with Crippen LogP contribution in [-0.2, 0) is 0 Å². The van der Waals surface area contributed by atoms with E-state index < -0.39 is 0 Å². The van der Waals surface area contributed by atoms with Gasteiger partial charge in [0.05, 0.1) is 11.6 Å². The molecule has 2 aromatic carbocycles. The van der Waals surface area contributed by atoms with E-state index in [1.807, 2.05) is 30.3 Å². The van der Waals surface area contributed by atoms with Crippen molar-refractivity contribution in [2.24, 2.45) is 5.92 Å². The van der Waals surface area contributed by atoms with Gasteiger partial charge in [0.2, 0.25) is 0 Å². The normalized spacial score (nSPS) is 10.6. The van der Waals surface area contributed by atoms with Gasteiger partial charge in [-0.3, -0.25) is 0 Å². The summed E-state index contributed by atoms with van der Waals surface area (Å²) in [5.74, 6) is 0.615. The van der Waals surface area contributed by atoms with Crippen LogP contribution in [0.2, 0.25) is 0 Å². The highest BCUT2D eigenvalue weighted by molar-refractivity contribution is 5.97. The molecule has 0 atom stereocenters. The fraction of sp³-hybridized carbons (Fsp3) is 0.312. The Morgan fingerprint density at radius 3 is 2.39 bits per heavy atom. The van der Waals surface area contributed by atoms with Crippen LogP contribution in [-0.4, -0.2) is 13.6 Å². The first-order valence-electron chi connectivity index (χ1n) is 6.26. The summed E-state index contributed by atoms with van der Waals surface area (Å²) in [5.41, 5.74) is 1.94. The van der Waals surface area contributed by atoms with Crippen molar-refractivity contribution in [2.75, 3.05) is 18.5 Å². The number of nitriles is 1. The third-order valence-electron chi connectivity index (χ3n) is 3.07. The van der Waals surface area contributed by atoms with Gasteiger partial charge >= 0.3 is 0 Å². The maximum absolute atomic E-state index is 9.15. The molecule has 0 spiro atoms. The van der Waals surface area contributed by atoms with E-state index in [1.165, 1.54) is 5.69 Å². The summed E-state index contributed by atoms with van der Waals surface area (Å²) >= 11 is 0. The number of nitrogens with zero attached hydrogens (tertiary/aromatic N) is 2. The van der Waals surface area contributed by atoms with Crippen LogP contribution in [0.15, 0.2) is 36.4 Å². The summed E-state index contributed by atoms with van der Waals surface area (Å²) in [5, 5.41) is 11.3. The van der Waals surface area contributed by atoms with E-state index in [0.717, 1.165) is 22.9 Å². The molecule has 0 aliphatic rings. The maximum atomic E-state index is 9.15. The molecule has 0 aromatic heterocycles. The average Bonchev–Trinajstić information content (AvgIpc) is 2.36. The minimum absolute atomic E-state index is 0.615. The van der Waals surface area contributed by atoms with Crippen molar-refractivity contribution < 1.29 is 0 Å². The van der Waals surface area contributed by atoms with E-state index >= 15 is 0 Å². The molecule has 0 aliphatic carbocycles. The van der Waals surface area contributed by atoms with Crippen molar-refractivity contribution in [3.63, 3.8) is 0 Å². The van der Waals surface area contributed by atoms with Gasteiger partial charge in [0, 0.05) is 30.1 Å². The molecule has 0 aliphatic heterocycles. The largest absolute Gasteiger partial charge is 0.374 e. The third-order valence-corrected chi connectivity index (χ3v) is 3.07. The van der Waals surface area contributed by atoms with E-state index in [9.17, 15) is 0 Å². The number of anilines is 1. The Morgan fingerprint density at radius 2 is 1.78 bits per heavy atom. The minimum atomic E-state index is 0.615. The molecule has 92 valence electrons. The van der Waals surface area contributed by atoms with Crippen molar-refractivity contribution in [3.05, 3.63) is 42.0 Å². The molecule has 0 bridgehead atoms. The van der Waals surface area contributed by atoms with Crippen molar-refractivity contribution in [2.45, 2.75) is 13.8 Å². The summed E-state index contributed by atoms with van der Waals surface area (Å²) in [6, 6.07) is 14.3. The summed E-state index contributed by atoms with van der Waals surface area (Å²) in [6.07, 6.45) is 0. The zero-order valence-corrected chi connectivity index (χ0v) is 11.1. The van der Waals surface area contributed by atoms with E-state index in [4.69, 9.17) is 5.26 Å². The highest BCUT2D eigenvalue weighted by Gasteiger charge is 2.09. The molecule has 0 unspecified atom stereocenters. The molecule has 0 saturated heterocycles. The number of benzene rings is 2. The second-order valence-electron chi connectivity index (χ2n) is 5.06. The number of rotatable bonds is 3. The lowest BCUT2D eigenvalue weighted by Gasteiger charge is -2.23. The molecule has 2 aromatic rings. The molecule has 18 heavy (non-hydrogen) atoms. The van der Waals surface area contributed by atoms with Crippen LogP contribution < -0.4 is 4.90 Å². The van der Waals surface area contributed by atoms with Gasteiger partial charge in [0.25, 0.3) is 0 Å². The van der Waals surface area contributed by atoms with Crippen molar-refractivity contribution in [1.29, 1.82) is 5.26 Å². The summed E-state index contributed by atoms with van der Waals surface area (Å²) < 4.78 is 0. The Balaban J connectivity index is 2.56. The molecule has 0 N–H and O–H groups in total. The molecule has 0 radical (unpaired) electrons. The van der Waals surface area contributed by atoms with Gasteiger partial charge in [0.15, 0.2) is 0 Å². The Kier molecular flexibility index (Phi) is 3.53. The first-order chi connectivity index (χ1) is 8.63. The molecular weight excluding hydrogens is 220 g/mol. The Morgan fingerprint density at radius 1 is 1.11 bits per heavy atom. The first-order valence-corrected chi connectivity index (χ1v) is 6.26. The van der Waals surface area contributed by atoms with Crippen LogP contribution in [0.5, 0.6) is 0 Å². The molecule has 2 heteroatoms. The first kappa shape index (κ1) is 12.4. The molecular formula is C16H18N2. The van der Waals surface area contributed by atoms with Crippen molar-refractivity contribution >= 4 is 16.5 Å². The van der Waals surface area contributed by atoms with Crippen LogP contribution in [0.25, 0.3) is 10.8 Å². The molecule has 0 fully saturated rings. The van der Waals surface area contributed by atoms with Gasteiger partial charge in [-0.2, -0.15) is 5.26 Å². The quantitative estimate of drug-likeness (QED) is 0.813. The SMILES string of the molecule is CC(C)CN(C)c1ccc(C#N)c2ccccc12. The van der Waals surface area contributed by atoms with E-state index in [-0.39, 0.29) is 0 Å². The summed E-state index contributed by atoms with van der Waals surface area (Å²) in [7, 11) is 2.10. The van der Waals surface area contributed by atoms with Crippen LogP contribution in [0, 0.1) is 17.2 Å². The zero-order chi connectivity index (χ0) is 13.1. The van der Waals surface area contributed by atoms with Crippen molar-refractivity contribution in [1.82, 2.24) is 0 Å². The molecule has 0 saturated carbocycles. The fourth-order valence-electron chi connectivity index (χ4n) is 2.36. The molecule has 0 amide bonds. The van der Waals surface area contributed by atoms with Gasteiger partial charge in [0.1, 0.15) is 0 Å². The molecule has 0 heterocycles. The topological polar surface area (TPSA) is 27.0 Å². The number of fused-ring (bicyclic) bond motifs is 1. The van der Waals surface area contributed by atoms with Gasteiger partial charge in [-0.1, -0.05) is 38.1 Å². The Hall–Kier alpha value is -2.01. The van der Waals surface area contributed by atoms with Crippen LogP contribution in [0.3, 0.4) is 0 Å². The van der Waals surface area contributed by atoms with Gasteiger partial charge in [-0.25, -0.2) is 0 Å². The highest BCUT2D eigenvalue weighted by atomic mass is 15.1. The minimum Gasteiger partial charge on any atom is -0.374 e. The average molecular weight is 238 g/mol. The Labute approximate surface area is 108 Å². The maximum Gasteiger partial charge on any atom is 0.0998 e. The van der Waals surface area contributed by atoms with Crippen LogP contribution in [0.1, 0.15) is 19.4 Å². The smallest absolute Gasteiger partial charge is 0.0998 e. The zero-order valence-electron chi connectivity index (χ0n) is 11.1. The van der Waals surface area contributed by atoms with Crippen molar-refractivity contribution in [3.8, 4) is 6.07 Å². The number of hydrogen-bond donors (Lipinski definition) is 0. The summed E-state index contributed by atoms with van der Waals surface area (Å²) in [4.78, 5) is 2.26. The second-order valence-corrected chi connectivity index (χ2v) is 5.06. The fourth-order valence-corrected chi connectivity index (χ4v) is 2.36. The highest BCUT2D eigenvalue weighted by Crippen LogP contribution is 2.28. The molecule has 2 nitrogen and oxygen atoms in total. The van der Waals surface area contributed by atoms with Gasteiger partial charge in [-0.15, -0.1) is 0 Å². The summed E-state index contributed by atoms with van der Waals surface area (Å²) in [6.45, 7) is 5.43. The predicted molar refractivity (Wildman–Crippen MR) is 76.8 cm³/mol. The monoisotopic (exact) mass is 238 g/mol. The van der Waals surface area contributed by atoms with Gasteiger partial charge < -0.3 is 4.90 Å². The van der Waals surface area contributed by atoms with Crippen LogP contribution >= 0.6 is 0 Å². The predicted octanol–water partition coefficient (Wildman–Crippen LogP) is 3.80. The standard InChI is InChI=1S/C16H18N2/c1-12(2)11-18(3)16-9-8-13(10-17)14-6-4-5-7-15(14)16/h4-9,12H,11H2,1-3H3.